The van der Waals surface area contributed by atoms with Gasteiger partial charge in [-0.1, -0.05) is 25.1 Å². The number of anilines is 2. The molecule has 6 heteroatoms. The molecule has 0 fully saturated rings. The Morgan fingerprint density at radius 2 is 2.22 bits per heavy atom. The number of aryl methyl sites for hydroxylation is 3. The summed E-state index contributed by atoms with van der Waals surface area (Å²) in [4.78, 5) is 16.6. The Labute approximate surface area is 139 Å². The minimum Gasteiger partial charge on any atom is -0.337 e. The molecule has 2 rings (SSSR count). The number of thiazole rings is 1. The van der Waals surface area contributed by atoms with E-state index in [0.29, 0.717) is 5.13 Å². The van der Waals surface area contributed by atoms with Gasteiger partial charge in [-0.05, 0) is 31.4 Å². The number of carbonyl (C=O) groups excluding carboxylic acids is 1. The van der Waals surface area contributed by atoms with Gasteiger partial charge in [-0.3, -0.25) is 4.79 Å². The number of amides is 1. The number of nitriles is 1. The maximum absolute atomic E-state index is 12.3. The van der Waals surface area contributed by atoms with E-state index in [4.69, 9.17) is 0 Å². The van der Waals surface area contributed by atoms with Crippen LogP contribution in [-0.4, -0.2) is 10.9 Å². The Hall–Kier alpha value is -2.65. The first kappa shape index (κ1) is 16.7. The van der Waals surface area contributed by atoms with Crippen LogP contribution in [0, 0.1) is 25.2 Å². The molecule has 0 saturated heterocycles. The van der Waals surface area contributed by atoms with Gasteiger partial charge in [0, 0.05) is 17.3 Å². The Morgan fingerprint density at radius 1 is 1.43 bits per heavy atom. The number of aromatic nitrogens is 1. The Balaban J connectivity index is 2.16. The van der Waals surface area contributed by atoms with Gasteiger partial charge in [-0.15, -0.1) is 11.3 Å². The van der Waals surface area contributed by atoms with Crippen LogP contribution in [0.3, 0.4) is 0 Å². The third-order valence-corrected chi connectivity index (χ3v) is 4.19. The van der Waals surface area contributed by atoms with Crippen LogP contribution in [0.5, 0.6) is 0 Å². The number of carbonyl (C=O) groups is 1. The van der Waals surface area contributed by atoms with Crippen molar-refractivity contribution in [3.05, 3.63) is 52.2 Å². The van der Waals surface area contributed by atoms with E-state index in [1.807, 2.05) is 50.4 Å². The molecule has 0 atom stereocenters. The minimum atomic E-state index is -0.433. The largest absolute Gasteiger partial charge is 0.337 e. The van der Waals surface area contributed by atoms with E-state index in [2.05, 4.69) is 15.6 Å². The monoisotopic (exact) mass is 326 g/mol. The molecule has 2 N–H and O–H groups in total. The third-order valence-electron chi connectivity index (χ3n) is 3.30. The highest BCUT2D eigenvalue weighted by Crippen LogP contribution is 2.22. The van der Waals surface area contributed by atoms with Gasteiger partial charge in [0.05, 0.1) is 5.69 Å². The first-order valence-corrected chi connectivity index (χ1v) is 8.12. The molecule has 0 spiro atoms. The molecule has 0 aliphatic heterocycles. The van der Waals surface area contributed by atoms with E-state index < -0.39 is 5.91 Å². The van der Waals surface area contributed by atoms with Crippen molar-refractivity contribution in [1.29, 1.82) is 5.26 Å². The third kappa shape index (κ3) is 4.18. The molecule has 2 aromatic rings. The second kappa shape index (κ2) is 7.56. The Kier molecular flexibility index (Phi) is 5.50. The second-order valence-corrected chi connectivity index (χ2v) is 5.88. The Bertz CT molecular complexity index is 786. The molecule has 0 radical (unpaired) electrons. The van der Waals surface area contributed by atoms with Gasteiger partial charge in [-0.25, -0.2) is 4.98 Å². The normalized spacial score (nSPS) is 11.0. The molecular formula is C17H18N4OS. The number of para-hydroxylation sites is 1. The van der Waals surface area contributed by atoms with Crippen LogP contribution in [0.15, 0.2) is 35.4 Å². The number of rotatable bonds is 5. The first-order chi connectivity index (χ1) is 11.0. The van der Waals surface area contributed by atoms with Crippen molar-refractivity contribution >= 4 is 28.1 Å². The number of nitrogens with one attached hydrogen (secondary N) is 2. The van der Waals surface area contributed by atoms with Crippen LogP contribution in [0.1, 0.15) is 23.7 Å². The lowest BCUT2D eigenvalue weighted by molar-refractivity contribution is -0.112. The van der Waals surface area contributed by atoms with E-state index in [1.165, 1.54) is 17.5 Å². The van der Waals surface area contributed by atoms with Crippen molar-refractivity contribution in [2.45, 2.75) is 27.2 Å². The van der Waals surface area contributed by atoms with Crippen molar-refractivity contribution in [3.63, 3.8) is 0 Å². The van der Waals surface area contributed by atoms with E-state index >= 15 is 0 Å². The highest BCUT2D eigenvalue weighted by Gasteiger charge is 2.13. The van der Waals surface area contributed by atoms with Crippen LogP contribution in [0.4, 0.5) is 10.8 Å². The molecule has 0 aliphatic rings. The van der Waals surface area contributed by atoms with Crippen molar-refractivity contribution < 1.29 is 4.79 Å². The quantitative estimate of drug-likeness (QED) is 0.647. The molecular weight excluding hydrogens is 308 g/mol. The second-order valence-electron chi connectivity index (χ2n) is 5.02. The molecule has 0 unspecified atom stereocenters. The van der Waals surface area contributed by atoms with Crippen molar-refractivity contribution in [3.8, 4) is 6.07 Å². The van der Waals surface area contributed by atoms with Gasteiger partial charge < -0.3 is 10.6 Å². The summed E-state index contributed by atoms with van der Waals surface area (Å²) in [5.41, 5.74) is 3.67. The average Bonchev–Trinajstić information content (AvgIpc) is 2.95. The van der Waals surface area contributed by atoms with Gasteiger partial charge >= 0.3 is 0 Å². The summed E-state index contributed by atoms with van der Waals surface area (Å²) in [5.74, 6) is -0.433. The molecule has 118 valence electrons. The summed E-state index contributed by atoms with van der Waals surface area (Å²) >= 11 is 1.42. The van der Waals surface area contributed by atoms with Crippen molar-refractivity contribution in [2.75, 3.05) is 10.6 Å². The first-order valence-electron chi connectivity index (χ1n) is 7.24. The van der Waals surface area contributed by atoms with Crippen LogP contribution in [0.2, 0.25) is 0 Å². The maximum Gasteiger partial charge on any atom is 0.267 e. The number of nitrogens with zero attached hydrogens (tertiary/aromatic N) is 2. The highest BCUT2D eigenvalue weighted by atomic mass is 32.1. The summed E-state index contributed by atoms with van der Waals surface area (Å²) in [5, 5.41) is 17.5. The fourth-order valence-corrected chi connectivity index (χ4v) is 2.74. The van der Waals surface area contributed by atoms with Crippen molar-refractivity contribution in [1.82, 2.24) is 4.98 Å². The topological polar surface area (TPSA) is 77.8 Å². The van der Waals surface area contributed by atoms with E-state index in [0.717, 1.165) is 28.9 Å². The number of hydrogen-bond donors (Lipinski definition) is 2. The molecule has 0 aliphatic carbocycles. The molecule has 0 bridgehead atoms. The zero-order chi connectivity index (χ0) is 16.8. The van der Waals surface area contributed by atoms with E-state index in [9.17, 15) is 10.1 Å². The number of benzene rings is 1. The smallest absolute Gasteiger partial charge is 0.267 e. The van der Waals surface area contributed by atoms with Gasteiger partial charge in [0.15, 0.2) is 5.13 Å². The van der Waals surface area contributed by atoms with E-state index in [1.54, 1.807) is 0 Å². The SMILES string of the molecule is CCc1cccc(C)c1NC(=O)/C(C#N)=C\Nc1nc(C)cs1. The average molecular weight is 326 g/mol. The lowest BCUT2D eigenvalue weighted by atomic mass is 10.1. The van der Waals surface area contributed by atoms with E-state index in [-0.39, 0.29) is 5.57 Å². The van der Waals surface area contributed by atoms with Gasteiger partial charge in [0.2, 0.25) is 0 Å². The molecule has 1 aromatic heterocycles. The summed E-state index contributed by atoms with van der Waals surface area (Å²) in [7, 11) is 0. The fraction of sp³-hybridized carbons (Fsp3) is 0.235. The summed E-state index contributed by atoms with van der Waals surface area (Å²) in [6.07, 6.45) is 2.19. The van der Waals surface area contributed by atoms with Crippen LogP contribution >= 0.6 is 11.3 Å². The molecule has 1 amide bonds. The Morgan fingerprint density at radius 3 is 2.83 bits per heavy atom. The van der Waals surface area contributed by atoms with Crippen LogP contribution < -0.4 is 10.6 Å². The summed E-state index contributed by atoms with van der Waals surface area (Å²) in [6, 6.07) is 7.77. The zero-order valence-corrected chi connectivity index (χ0v) is 14.1. The lowest BCUT2D eigenvalue weighted by Crippen LogP contribution is -2.16. The zero-order valence-electron chi connectivity index (χ0n) is 13.3. The summed E-state index contributed by atoms with van der Waals surface area (Å²) < 4.78 is 0. The van der Waals surface area contributed by atoms with Crippen LogP contribution in [-0.2, 0) is 11.2 Å². The number of hydrogen-bond acceptors (Lipinski definition) is 5. The molecule has 0 saturated carbocycles. The predicted molar refractivity (Wildman–Crippen MR) is 93.4 cm³/mol. The summed E-state index contributed by atoms with van der Waals surface area (Å²) in [6.45, 7) is 5.84. The van der Waals surface area contributed by atoms with Gasteiger partial charge in [0.25, 0.3) is 5.91 Å². The molecule has 1 heterocycles. The van der Waals surface area contributed by atoms with Gasteiger partial charge in [-0.2, -0.15) is 5.26 Å². The molecule has 1 aromatic carbocycles. The fourth-order valence-electron chi connectivity index (χ4n) is 2.09. The molecule has 5 nitrogen and oxygen atoms in total. The van der Waals surface area contributed by atoms with Crippen LogP contribution in [0.25, 0.3) is 0 Å². The maximum atomic E-state index is 12.3. The molecule has 23 heavy (non-hydrogen) atoms. The minimum absolute atomic E-state index is 0.00293. The standard InChI is InChI=1S/C17H18N4OS/c1-4-13-7-5-6-11(2)15(13)21-16(22)14(8-18)9-19-17-20-12(3)10-23-17/h5-7,9-10H,4H2,1-3H3,(H,19,20)(H,21,22)/b14-9-. The predicted octanol–water partition coefficient (Wildman–Crippen LogP) is 3.78. The van der Waals surface area contributed by atoms with Crippen molar-refractivity contribution in [2.24, 2.45) is 0 Å². The lowest BCUT2D eigenvalue weighted by Gasteiger charge is -2.12. The highest BCUT2D eigenvalue weighted by molar-refractivity contribution is 7.13. The van der Waals surface area contributed by atoms with Gasteiger partial charge in [0.1, 0.15) is 11.6 Å².